The van der Waals surface area contributed by atoms with Gasteiger partial charge in [0.05, 0.1) is 35.2 Å². The molecule has 4 aliphatic carbocycles. The molecule has 0 aromatic rings. The second kappa shape index (κ2) is 2.50. The number of hydrogen-bond acceptors (Lipinski definition) is 5. The molecule has 7 unspecified atom stereocenters. The van der Waals surface area contributed by atoms with Crippen LogP contribution in [0.4, 0.5) is 0 Å². The minimum Gasteiger partial charge on any atom is -0.392 e. The molecule has 2 heterocycles. The summed E-state index contributed by atoms with van der Waals surface area (Å²) < 4.78 is 11.6. The van der Waals surface area contributed by atoms with Crippen LogP contribution in [-0.4, -0.2) is 51.6 Å². The fraction of sp³-hybridized carbons (Fsp3) is 1.00. The summed E-state index contributed by atoms with van der Waals surface area (Å²) in [7, 11) is 0. The first kappa shape index (κ1) is 11.5. The van der Waals surface area contributed by atoms with E-state index in [-0.39, 0.29) is 12.7 Å². The number of fused-ring (bicyclic) bond motifs is 1. The summed E-state index contributed by atoms with van der Waals surface area (Å²) in [5.74, 6) is -1.47. The van der Waals surface area contributed by atoms with Gasteiger partial charge in [0.25, 0.3) is 0 Å². The molecule has 5 nitrogen and oxygen atoms in total. The molecule has 5 heteroatoms. The van der Waals surface area contributed by atoms with Crippen LogP contribution in [-0.2, 0) is 9.47 Å². The fourth-order valence-electron chi connectivity index (χ4n) is 6.50. The first-order chi connectivity index (χ1) is 8.78. The summed E-state index contributed by atoms with van der Waals surface area (Å²) in [5.41, 5.74) is -2.92. The quantitative estimate of drug-likeness (QED) is 0.566. The normalized spacial score (nSPS) is 75.9. The zero-order chi connectivity index (χ0) is 13.5. The third-order valence-electron chi connectivity index (χ3n) is 7.82. The Morgan fingerprint density at radius 1 is 1.21 bits per heavy atom. The Hall–Kier alpha value is -0.200. The molecular weight excluding hydrogens is 248 g/mol. The van der Waals surface area contributed by atoms with Crippen molar-refractivity contribution in [2.75, 3.05) is 6.61 Å². The predicted molar refractivity (Wildman–Crippen MR) is 63.0 cm³/mol. The highest BCUT2D eigenvalue weighted by atomic mass is 16.7. The highest BCUT2D eigenvalue weighted by Crippen LogP contribution is 2.83. The first-order valence-corrected chi connectivity index (χ1v) is 7.20. The van der Waals surface area contributed by atoms with Crippen molar-refractivity contribution in [1.82, 2.24) is 0 Å². The molecule has 106 valence electrons. The van der Waals surface area contributed by atoms with Crippen LogP contribution in [0, 0.1) is 16.2 Å². The lowest BCUT2D eigenvalue weighted by Gasteiger charge is -2.77. The number of rotatable bonds is 0. The Balaban J connectivity index is 1.88. The smallest absolute Gasteiger partial charge is 0.201 e. The van der Waals surface area contributed by atoms with Crippen LogP contribution in [0.1, 0.15) is 33.1 Å². The molecule has 3 N–H and O–H groups in total. The molecule has 6 aliphatic rings. The SMILES string of the molecule is CC12COC3(O)C4O[C@H]5CCC1(O)C45CC(O)C32C. The predicted octanol–water partition coefficient (Wildman–Crippen LogP) is -0.225. The van der Waals surface area contributed by atoms with Crippen LogP contribution in [0.15, 0.2) is 0 Å². The van der Waals surface area contributed by atoms with Gasteiger partial charge >= 0.3 is 0 Å². The Labute approximate surface area is 111 Å². The second-order valence-corrected chi connectivity index (χ2v) is 7.68. The highest BCUT2D eigenvalue weighted by molar-refractivity contribution is 5.40. The molecule has 19 heavy (non-hydrogen) atoms. The maximum Gasteiger partial charge on any atom is 0.201 e. The molecule has 2 aliphatic heterocycles. The van der Waals surface area contributed by atoms with Gasteiger partial charge in [0, 0.05) is 5.41 Å². The zero-order valence-electron chi connectivity index (χ0n) is 11.2. The van der Waals surface area contributed by atoms with Crippen molar-refractivity contribution in [2.45, 2.75) is 62.8 Å². The summed E-state index contributed by atoms with van der Waals surface area (Å²) in [6, 6.07) is 0. The van der Waals surface area contributed by atoms with E-state index in [1.807, 2.05) is 13.8 Å². The summed E-state index contributed by atoms with van der Waals surface area (Å²) in [4.78, 5) is 0. The number of ether oxygens (including phenoxy) is 2. The highest BCUT2D eigenvalue weighted by Gasteiger charge is 2.95. The number of aliphatic hydroxyl groups excluding tert-OH is 1. The summed E-state index contributed by atoms with van der Waals surface area (Å²) >= 11 is 0. The molecule has 4 bridgehead atoms. The molecule has 1 spiro atoms. The van der Waals surface area contributed by atoms with E-state index in [0.717, 1.165) is 6.42 Å². The third kappa shape index (κ3) is 0.664. The lowest BCUT2D eigenvalue weighted by Crippen LogP contribution is -2.89. The standard InChI is InChI=1S/C14H20O5/c1-10-6-18-14(17)9-12(5-7(15)11(10,14)2)8(19-9)3-4-13(10,12)16/h7-9,15-17H,3-6H2,1-2H3/t7?,8-,9?,10?,11?,12?,13?,14?/m0/s1. The zero-order valence-corrected chi connectivity index (χ0v) is 11.2. The van der Waals surface area contributed by atoms with Crippen LogP contribution in [0.25, 0.3) is 0 Å². The average molecular weight is 268 g/mol. The summed E-state index contributed by atoms with van der Waals surface area (Å²) in [5, 5.41) is 33.2. The Morgan fingerprint density at radius 3 is 2.68 bits per heavy atom. The van der Waals surface area contributed by atoms with Gasteiger partial charge < -0.3 is 24.8 Å². The van der Waals surface area contributed by atoms with Gasteiger partial charge in [-0.05, 0) is 19.3 Å². The van der Waals surface area contributed by atoms with E-state index in [9.17, 15) is 15.3 Å². The summed E-state index contributed by atoms with van der Waals surface area (Å²) in [6.07, 6.45) is 0.784. The van der Waals surface area contributed by atoms with Crippen molar-refractivity contribution in [3.8, 4) is 0 Å². The van der Waals surface area contributed by atoms with Gasteiger partial charge in [-0.3, -0.25) is 0 Å². The number of aliphatic hydroxyl groups is 3. The first-order valence-electron chi connectivity index (χ1n) is 7.20. The lowest BCUT2D eigenvalue weighted by molar-refractivity contribution is -0.475. The van der Waals surface area contributed by atoms with Crippen molar-refractivity contribution in [3.63, 3.8) is 0 Å². The molecule has 4 saturated carbocycles. The van der Waals surface area contributed by atoms with Crippen LogP contribution < -0.4 is 0 Å². The Kier molecular flexibility index (Phi) is 1.51. The lowest BCUT2D eigenvalue weighted by atomic mass is 9.33. The van der Waals surface area contributed by atoms with Crippen molar-refractivity contribution in [2.24, 2.45) is 16.2 Å². The average Bonchev–Trinajstić information content (AvgIpc) is 2.67. The van der Waals surface area contributed by atoms with Gasteiger partial charge in [-0.2, -0.15) is 0 Å². The van der Waals surface area contributed by atoms with Crippen LogP contribution in [0.2, 0.25) is 0 Å². The van der Waals surface area contributed by atoms with E-state index in [1.54, 1.807) is 0 Å². The van der Waals surface area contributed by atoms with E-state index in [1.165, 1.54) is 0 Å². The molecule has 0 amide bonds. The van der Waals surface area contributed by atoms with E-state index in [2.05, 4.69) is 0 Å². The van der Waals surface area contributed by atoms with Gasteiger partial charge in [-0.1, -0.05) is 13.8 Å². The van der Waals surface area contributed by atoms with Crippen molar-refractivity contribution in [1.29, 1.82) is 0 Å². The summed E-state index contributed by atoms with van der Waals surface area (Å²) in [6.45, 7) is 4.09. The topological polar surface area (TPSA) is 79.2 Å². The molecule has 6 fully saturated rings. The third-order valence-corrected chi connectivity index (χ3v) is 7.82. The molecule has 8 atom stereocenters. The molecule has 6 rings (SSSR count). The minimum absolute atomic E-state index is 0.0467. The van der Waals surface area contributed by atoms with Gasteiger partial charge in [-0.25, -0.2) is 0 Å². The Bertz CT molecular complexity index is 506. The van der Waals surface area contributed by atoms with Crippen LogP contribution >= 0.6 is 0 Å². The van der Waals surface area contributed by atoms with E-state index in [4.69, 9.17) is 9.47 Å². The fourth-order valence-corrected chi connectivity index (χ4v) is 6.50. The maximum absolute atomic E-state index is 11.5. The van der Waals surface area contributed by atoms with Crippen LogP contribution in [0.5, 0.6) is 0 Å². The van der Waals surface area contributed by atoms with Crippen molar-refractivity contribution in [3.05, 3.63) is 0 Å². The monoisotopic (exact) mass is 268 g/mol. The molecule has 0 aromatic carbocycles. The van der Waals surface area contributed by atoms with Gasteiger partial charge in [0.1, 0.15) is 6.10 Å². The molecular formula is C14H20O5. The van der Waals surface area contributed by atoms with Gasteiger partial charge in [0.2, 0.25) is 5.79 Å². The maximum atomic E-state index is 11.5. The van der Waals surface area contributed by atoms with Gasteiger partial charge in [-0.15, -0.1) is 0 Å². The van der Waals surface area contributed by atoms with Gasteiger partial charge in [0.15, 0.2) is 0 Å². The minimum atomic E-state index is -1.47. The van der Waals surface area contributed by atoms with Crippen molar-refractivity contribution < 1.29 is 24.8 Å². The molecule has 0 aromatic heterocycles. The van der Waals surface area contributed by atoms with E-state index >= 15 is 0 Å². The van der Waals surface area contributed by atoms with Crippen LogP contribution in [0.3, 0.4) is 0 Å². The molecule has 2 saturated heterocycles. The van der Waals surface area contributed by atoms with Crippen molar-refractivity contribution >= 4 is 0 Å². The Morgan fingerprint density at radius 2 is 1.95 bits per heavy atom. The molecule has 0 radical (unpaired) electrons. The largest absolute Gasteiger partial charge is 0.392 e. The number of hydrogen-bond donors (Lipinski definition) is 3. The van der Waals surface area contributed by atoms with E-state index < -0.39 is 39.8 Å². The van der Waals surface area contributed by atoms with E-state index in [0.29, 0.717) is 12.8 Å². The second-order valence-electron chi connectivity index (χ2n) is 7.68.